The number of carboxylic acid groups (broad SMARTS) is 1. The molecule has 16 heavy (non-hydrogen) atoms. The zero-order chi connectivity index (χ0) is 11.5. The number of aryl methyl sites for hydroxylation is 1. The number of imidazole rings is 1. The molecule has 0 saturated carbocycles. The lowest BCUT2D eigenvalue weighted by Gasteiger charge is -2.01. The minimum absolute atomic E-state index is 0.174. The predicted octanol–water partition coefficient (Wildman–Crippen LogP) is 1.93. The molecule has 0 unspecified atom stereocenters. The van der Waals surface area contributed by atoms with E-state index in [4.69, 9.17) is 5.11 Å². The highest BCUT2D eigenvalue weighted by atomic mass is 16.4. The molecule has 2 aromatic heterocycles. The van der Waals surface area contributed by atoms with E-state index in [2.05, 4.69) is 16.9 Å². The van der Waals surface area contributed by atoms with Gasteiger partial charge in [-0.1, -0.05) is 13.3 Å². The van der Waals surface area contributed by atoms with Gasteiger partial charge < -0.3 is 9.67 Å². The molecule has 2 aromatic rings. The summed E-state index contributed by atoms with van der Waals surface area (Å²) in [4.78, 5) is 19.0. The fourth-order valence-electron chi connectivity index (χ4n) is 1.56. The van der Waals surface area contributed by atoms with Crippen molar-refractivity contribution in [3.63, 3.8) is 0 Å². The molecule has 0 aromatic carbocycles. The van der Waals surface area contributed by atoms with Gasteiger partial charge in [0.2, 0.25) is 0 Å². The molecule has 0 atom stereocenters. The lowest BCUT2D eigenvalue weighted by atomic mass is 10.3. The first kappa shape index (κ1) is 10.6. The van der Waals surface area contributed by atoms with Crippen LogP contribution in [0.2, 0.25) is 0 Å². The Bertz CT molecular complexity index is 519. The number of nitrogens with zero attached hydrogens (tertiary/aromatic N) is 3. The number of hydrogen-bond acceptors (Lipinski definition) is 3. The van der Waals surface area contributed by atoms with Gasteiger partial charge in [0.25, 0.3) is 0 Å². The van der Waals surface area contributed by atoms with Gasteiger partial charge in [-0.05, 0) is 12.5 Å². The van der Waals surface area contributed by atoms with E-state index in [0.717, 1.165) is 25.0 Å². The highest BCUT2D eigenvalue weighted by Gasteiger charge is 2.08. The molecule has 0 bridgehead atoms. The van der Waals surface area contributed by atoms with Gasteiger partial charge >= 0.3 is 5.97 Å². The van der Waals surface area contributed by atoms with E-state index >= 15 is 0 Å². The second-order valence-corrected chi connectivity index (χ2v) is 3.66. The molecule has 0 saturated heterocycles. The largest absolute Gasteiger partial charge is 0.478 e. The first-order chi connectivity index (χ1) is 7.72. The third kappa shape index (κ3) is 1.88. The van der Waals surface area contributed by atoms with E-state index in [1.54, 1.807) is 12.4 Å². The second kappa shape index (κ2) is 4.30. The van der Waals surface area contributed by atoms with Crippen LogP contribution in [-0.2, 0) is 6.54 Å². The van der Waals surface area contributed by atoms with Crippen molar-refractivity contribution >= 4 is 17.1 Å². The van der Waals surface area contributed by atoms with Gasteiger partial charge in [-0.15, -0.1) is 0 Å². The van der Waals surface area contributed by atoms with Gasteiger partial charge in [-0.2, -0.15) is 0 Å². The maximum atomic E-state index is 10.7. The molecule has 0 aliphatic heterocycles. The number of carboxylic acids is 1. The van der Waals surface area contributed by atoms with Crippen LogP contribution in [0, 0.1) is 0 Å². The maximum Gasteiger partial charge on any atom is 0.337 e. The van der Waals surface area contributed by atoms with Crippen molar-refractivity contribution in [2.75, 3.05) is 0 Å². The Morgan fingerprint density at radius 1 is 1.50 bits per heavy atom. The Labute approximate surface area is 92.8 Å². The number of fused-ring (bicyclic) bond motifs is 1. The number of aromatic nitrogens is 3. The number of carbonyl (C=O) groups is 1. The molecule has 0 fully saturated rings. The summed E-state index contributed by atoms with van der Waals surface area (Å²) in [5.74, 6) is -0.975. The Kier molecular flexibility index (Phi) is 2.85. The van der Waals surface area contributed by atoms with Crippen molar-refractivity contribution in [3.8, 4) is 0 Å². The highest BCUT2D eigenvalue weighted by molar-refractivity contribution is 5.90. The molecule has 0 spiro atoms. The minimum atomic E-state index is -0.975. The minimum Gasteiger partial charge on any atom is -0.478 e. The first-order valence-corrected chi connectivity index (χ1v) is 5.26. The van der Waals surface area contributed by atoms with E-state index in [1.165, 1.54) is 6.20 Å². The van der Waals surface area contributed by atoms with E-state index in [9.17, 15) is 4.79 Å². The van der Waals surface area contributed by atoms with Gasteiger partial charge in [-0.25, -0.2) is 14.8 Å². The Morgan fingerprint density at radius 2 is 2.31 bits per heavy atom. The molecule has 5 nitrogen and oxygen atoms in total. The summed E-state index contributed by atoms with van der Waals surface area (Å²) < 4.78 is 1.95. The topological polar surface area (TPSA) is 68.0 Å². The molecule has 0 aliphatic rings. The lowest BCUT2D eigenvalue weighted by Crippen LogP contribution is -2.00. The number of rotatable bonds is 4. The van der Waals surface area contributed by atoms with E-state index < -0.39 is 5.97 Å². The summed E-state index contributed by atoms with van der Waals surface area (Å²) in [5, 5.41) is 8.82. The molecule has 0 aliphatic carbocycles. The second-order valence-electron chi connectivity index (χ2n) is 3.66. The van der Waals surface area contributed by atoms with Crippen molar-refractivity contribution < 1.29 is 9.90 Å². The quantitative estimate of drug-likeness (QED) is 0.853. The molecule has 0 radical (unpaired) electrons. The average molecular weight is 219 g/mol. The number of aromatic carboxylic acids is 1. The van der Waals surface area contributed by atoms with E-state index in [-0.39, 0.29) is 5.56 Å². The van der Waals surface area contributed by atoms with Crippen LogP contribution in [0.15, 0.2) is 18.6 Å². The summed E-state index contributed by atoms with van der Waals surface area (Å²) in [6, 6.07) is 1.55. The van der Waals surface area contributed by atoms with Crippen LogP contribution in [0.4, 0.5) is 0 Å². The molecule has 2 heterocycles. The van der Waals surface area contributed by atoms with Crippen molar-refractivity contribution in [2.45, 2.75) is 26.3 Å². The van der Waals surface area contributed by atoms with Crippen LogP contribution in [0.25, 0.3) is 11.2 Å². The lowest BCUT2D eigenvalue weighted by molar-refractivity contribution is 0.0696. The smallest absolute Gasteiger partial charge is 0.337 e. The van der Waals surface area contributed by atoms with Gasteiger partial charge in [0.05, 0.1) is 11.9 Å². The Balaban J connectivity index is 2.38. The molecule has 5 heteroatoms. The summed E-state index contributed by atoms with van der Waals surface area (Å²) in [6.45, 7) is 2.99. The summed E-state index contributed by atoms with van der Waals surface area (Å²) in [7, 11) is 0. The zero-order valence-electron chi connectivity index (χ0n) is 9.05. The van der Waals surface area contributed by atoms with Crippen LogP contribution < -0.4 is 0 Å². The van der Waals surface area contributed by atoms with Crippen LogP contribution in [0.1, 0.15) is 30.1 Å². The third-order valence-corrected chi connectivity index (χ3v) is 2.46. The zero-order valence-corrected chi connectivity index (χ0v) is 9.05. The molecule has 2 rings (SSSR count). The van der Waals surface area contributed by atoms with Crippen molar-refractivity contribution in [2.24, 2.45) is 0 Å². The van der Waals surface area contributed by atoms with E-state index in [0.29, 0.717) is 5.52 Å². The number of hydrogen-bond donors (Lipinski definition) is 1. The molecule has 84 valence electrons. The SMILES string of the molecule is CCCCn1cnc2cc(C(=O)O)cnc21. The van der Waals surface area contributed by atoms with Crippen LogP contribution >= 0.6 is 0 Å². The van der Waals surface area contributed by atoms with Crippen molar-refractivity contribution in [1.82, 2.24) is 14.5 Å². The van der Waals surface area contributed by atoms with Gasteiger partial charge in [-0.3, -0.25) is 0 Å². The van der Waals surface area contributed by atoms with Crippen molar-refractivity contribution in [1.29, 1.82) is 0 Å². The molecule has 0 amide bonds. The Hall–Kier alpha value is -1.91. The summed E-state index contributed by atoms with van der Waals surface area (Å²) in [5.41, 5.74) is 1.56. The summed E-state index contributed by atoms with van der Waals surface area (Å²) >= 11 is 0. The van der Waals surface area contributed by atoms with Crippen LogP contribution in [0.3, 0.4) is 0 Å². The van der Waals surface area contributed by atoms with Crippen molar-refractivity contribution in [3.05, 3.63) is 24.2 Å². The molecule has 1 N–H and O–H groups in total. The Morgan fingerprint density at radius 3 is 3.00 bits per heavy atom. The fourth-order valence-corrected chi connectivity index (χ4v) is 1.56. The van der Waals surface area contributed by atoms with Gasteiger partial charge in [0.15, 0.2) is 5.65 Å². The normalized spacial score (nSPS) is 10.8. The first-order valence-electron chi connectivity index (χ1n) is 5.26. The third-order valence-electron chi connectivity index (χ3n) is 2.46. The molecular weight excluding hydrogens is 206 g/mol. The predicted molar refractivity (Wildman–Crippen MR) is 59.4 cm³/mol. The average Bonchev–Trinajstić information content (AvgIpc) is 2.68. The van der Waals surface area contributed by atoms with Crippen LogP contribution in [-0.4, -0.2) is 25.6 Å². The monoisotopic (exact) mass is 219 g/mol. The highest BCUT2D eigenvalue weighted by Crippen LogP contribution is 2.12. The summed E-state index contributed by atoms with van der Waals surface area (Å²) in [6.07, 6.45) is 5.24. The standard InChI is InChI=1S/C11H13N3O2/c1-2-3-4-14-7-13-9-5-8(11(15)16)6-12-10(9)14/h5-7H,2-4H2,1H3,(H,15,16). The fraction of sp³-hybridized carbons (Fsp3) is 0.364. The number of unbranched alkanes of at least 4 members (excludes halogenated alkanes) is 1. The van der Waals surface area contributed by atoms with E-state index in [1.807, 2.05) is 4.57 Å². The molecular formula is C11H13N3O2. The van der Waals surface area contributed by atoms with Gasteiger partial charge in [0.1, 0.15) is 5.52 Å². The van der Waals surface area contributed by atoms with Crippen LogP contribution in [0.5, 0.6) is 0 Å². The number of pyridine rings is 1. The maximum absolute atomic E-state index is 10.7. The van der Waals surface area contributed by atoms with Gasteiger partial charge in [0, 0.05) is 12.7 Å².